The zero-order chi connectivity index (χ0) is 11.0. The Labute approximate surface area is 86.6 Å². The van der Waals surface area contributed by atoms with Crippen LogP contribution in [0.1, 0.15) is 33.6 Å². The normalized spacial score (nSPS) is 11.6. The molecule has 1 unspecified atom stereocenters. The first-order valence-electron chi connectivity index (χ1n) is 4.98. The topological polar surface area (TPSA) is 26.3 Å². The zero-order valence-corrected chi connectivity index (χ0v) is 9.38. The minimum atomic E-state index is -0.132. The molecule has 2 heteroatoms. The number of carbonyl (C=O) groups excluding carboxylic acids is 1. The maximum atomic E-state index is 11.3. The van der Waals surface area contributed by atoms with Crippen molar-refractivity contribution in [3.63, 3.8) is 0 Å². The van der Waals surface area contributed by atoms with E-state index in [-0.39, 0.29) is 11.9 Å². The molecule has 0 saturated heterocycles. The van der Waals surface area contributed by atoms with Crippen LogP contribution in [0, 0.1) is 5.92 Å². The second-order valence-electron chi connectivity index (χ2n) is 3.68. The van der Waals surface area contributed by atoms with Gasteiger partial charge >= 0.3 is 5.97 Å². The van der Waals surface area contributed by atoms with Gasteiger partial charge in [-0.3, -0.25) is 4.79 Å². The lowest BCUT2D eigenvalue weighted by molar-refractivity contribution is -0.146. The van der Waals surface area contributed by atoms with E-state index in [1.807, 2.05) is 6.92 Å². The quantitative estimate of drug-likeness (QED) is 0.482. The lowest BCUT2D eigenvalue weighted by Gasteiger charge is -2.08. The molecule has 0 aliphatic heterocycles. The highest BCUT2D eigenvalue weighted by Gasteiger charge is 2.12. The smallest absolute Gasteiger partial charge is 0.308 e. The van der Waals surface area contributed by atoms with Gasteiger partial charge in [-0.2, -0.15) is 0 Å². The monoisotopic (exact) mass is 196 g/mol. The minimum absolute atomic E-state index is 0.0226. The maximum Gasteiger partial charge on any atom is 0.308 e. The molecule has 0 aliphatic rings. The SMILES string of the molecule is C=CCOC(=O)C(C)CCC=C(C)C. The number of esters is 1. The number of carbonyl (C=O) groups is 1. The van der Waals surface area contributed by atoms with Crippen molar-refractivity contribution in [2.45, 2.75) is 33.6 Å². The van der Waals surface area contributed by atoms with Gasteiger partial charge in [0.1, 0.15) is 6.61 Å². The van der Waals surface area contributed by atoms with Gasteiger partial charge in [-0.15, -0.1) is 0 Å². The minimum Gasteiger partial charge on any atom is -0.461 e. The first kappa shape index (κ1) is 12.9. The van der Waals surface area contributed by atoms with Crippen molar-refractivity contribution >= 4 is 5.97 Å². The summed E-state index contributed by atoms with van der Waals surface area (Å²) in [7, 11) is 0. The summed E-state index contributed by atoms with van der Waals surface area (Å²) in [6.45, 7) is 9.81. The van der Waals surface area contributed by atoms with Crippen LogP contribution in [-0.2, 0) is 9.53 Å². The van der Waals surface area contributed by atoms with Gasteiger partial charge in [0.05, 0.1) is 5.92 Å². The summed E-state index contributed by atoms with van der Waals surface area (Å²) in [6, 6.07) is 0. The van der Waals surface area contributed by atoms with Gasteiger partial charge in [0, 0.05) is 0 Å². The summed E-state index contributed by atoms with van der Waals surface area (Å²) in [5, 5.41) is 0. The third kappa shape index (κ3) is 6.46. The standard InChI is InChI=1S/C12H20O2/c1-5-9-14-12(13)11(4)8-6-7-10(2)3/h5,7,11H,1,6,8-9H2,2-4H3. The Morgan fingerprint density at radius 2 is 2.14 bits per heavy atom. The van der Waals surface area contributed by atoms with Crippen molar-refractivity contribution < 1.29 is 9.53 Å². The molecule has 0 aromatic carbocycles. The van der Waals surface area contributed by atoms with Gasteiger partial charge in [0.15, 0.2) is 0 Å². The van der Waals surface area contributed by atoms with Crippen molar-refractivity contribution in [3.8, 4) is 0 Å². The maximum absolute atomic E-state index is 11.3. The van der Waals surface area contributed by atoms with Crippen LogP contribution in [0.25, 0.3) is 0 Å². The molecule has 0 heterocycles. The van der Waals surface area contributed by atoms with Crippen LogP contribution in [-0.4, -0.2) is 12.6 Å². The molecule has 80 valence electrons. The van der Waals surface area contributed by atoms with Crippen molar-refractivity contribution in [2.75, 3.05) is 6.61 Å². The molecular weight excluding hydrogens is 176 g/mol. The number of hydrogen-bond acceptors (Lipinski definition) is 2. The lowest BCUT2D eigenvalue weighted by Crippen LogP contribution is -2.14. The average Bonchev–Trinajstić information content (AvgIpc) is 2.13. The van der Waals surface area contributed by atoms with E-state index in [1.54, 1.807) is 6.08 Å². The Balaban J connectivity index is 3.72. The van der Waals surface area contributed by atoms with Gasteiger partial charge in [0.25, 0.3) is 0 Å². The second-order valence-corrected chi connectivity index (χ2v) is 3.68. The fourth-order valence-corrected chi connectivity index (χ4v) is 1.02. The third-order valence-electron chi connectivity index (χ3n) is 1.90. The number of allylic oxidation sites excluding steroid dienone is 2. The van der Waals surface area contributed by atoms with Crippen LogP contribution < -0.4 is 0 Å². The Hall–Kier alpha value is -1.05. The molecule has 0 N–H and O–H groups in total. The molecule has 0 amide bonds. The molecule has 14 heavy (non-hydrogen) atoms. The molecule has 0 fully saturated rings. The van der Waals surface area contributed by atoms with Crippen LogP contribution in [0.3, 0.4) is 0 Å². The molecule has 0 rings (SSSR count). The van der Waals surface area contributed by atoms with Crippen molar-refractivity contribution in [1.82, 2.24) is 0 Å². The first-order chi connectivity index (χ1) is 6.57. The Morgan fingerprint density at radius 3 is 2.64 bits per heavy atom. The fraction of sp³-hybridized carbons (Fsp3) is 0.583. The van der Waals surface area contributed by atoms with Crippen LogP contribution in [0.15, 0.2) is 24.3 Å². The molecule has 0 aromatic heterocycles. The van der Waals surface area contributed by atoms with E-state index in [0.717, 1.165) is 12.8 Å². The average molecular weight is 196 g/mol. The van der Waals surface area contributed by atoms with E-state index >= 15 is 0 Å². The highest BCUT2D eigenvalue weighted by atomic mass is 16.5. The van der Waals surface area contributed by atoms with E-state index < -0.39 is 0 Å². The molecule has 0 bridgehead atoms. The van der Waals surface area contributed by atoms with Crippen LogP contribution in [0.4, 0.5) is 0 Å². The fourth-order valence-electron chi connectivity index (χ4n) is 1.02. The zero-order valence-electron chi connectivity index (χ0n) is 9.38. The van der Waals surface area contributed by atoms with Crippen molar-refractivity contribution in [1.29, 1.82) is 0 Å². The highest BCUT2D eigenvalue weighted by Crippen LogP contribution is 2.09. The molecule has 0 spiro atoms. The molecule has 0 aliphatic carbocycles. The summed E-state index contributed by atoms with van der Waals surface area (Å²) in [6.07, 6.45) is 5.51. The molecule has 0 aromatic rings. The van der Waals surface area contributed by atoms with E-state index in [0.29, 0.717) is 6.61 Å². The molecule has 1 atom stereocenters. The van der Waals surface area contributed by atoms with E-state index in [1.165, 1.54) is 5.57 Å². The van der Waals surface area contributed by atoms with Crippen molar-refractivity contribution in [2.24, 2.45) is 5.92 Å². The molecule has 2 nitrogen and oxygen atoms in total. The van der Waals surface area contributed by atoms with E-state index in [4.69, 9.17) is 4.74 Å². The van der Waals surface area contributed by atoms with Crippen LogP contribution >= 0.6 is 0 Å². The molecular formula is C12H20O2. The summed E-state index contributed by atoms with van der Waals surface area (Å²) >= 11 is 0. The molecule has 0 radical (unpaired) electrons. The largest absolute Gasteiger partial charge is 0.461 e. The van der Waals surface area contributed by atoms with Gasteiger partial charge < -0.3 is 4.74 Å². The van der Waals surface area contributed by atoms with Crippen LogP contribution in [0.5, 0.6) is 0 Å². The summed E-state index contributed by atoms with van der Waals surface area (Å²) in [4.78, 5) is 11.3. The van der Waals surface area contributed by atoms with Gasteiger partial charge in [0.2, 0.25) is 0 Å². The Morgan fingerprint density at radius 1 is 1.50 bits per heavy atom. The second kappa shape index (κ2) is 7.36. The Kier molecular flexibility index (Phi) is 6.81. The summed E-state index contributed by atoms with van der Waals surface area (Å²) in [5.74, 6) is -0.155. The van der Waals surface area contributed by atoms with Gasteiger partial charge in [-0.1, -0.05) is 31.2 Å². The Bertz CT molecular complexity index is 212. The third-order valence-corrected chi connectivity index (χ3v) is 1.90. The van der Waals surface area contributed by atoms with Crippen LogP contribution in [0.2, 0.25) is 0 Å². The number of hydrogen-bond donors (Lipinski definition) is 0. The van der Waals surface area contributed by atoms with E-state index in [2.05, 4.69) is 26.5 Å². The summed E-state index contributed by atoms with van der Waals surface area (Å²) < 4.78 is 4.93. The summed E-state index contributed by atoms with van der Waals surface area (Å²) in [5.41, 5.74) is 1.29. The van der Waals surface area contributed by atoms with Gasteiger partial charge in [-0.25, -0.2) is 0 Å². The predicted molar refractivity (Wildman–Crippen MR) is 59.0 cm³/mol. The van der Waals surface area contributed by atoms with E-state index in [9.17, 15) is 4.79 Å². The predicted octanol–water partition coefficient (Wildman–Crippen LogP) is 3.10. The highest BCUT2D eigenvalue weighted by molar-refractivity contribution is 5.72. The lowest BCUT2D eigenvalue weighted by atomic mass is 10.1. The van der Waals surface area contributed by atoms with Crippen molar-refractivity contribution in [3.05, 3.63) is 24.3 Å². The first-order valence-corrected chi connectivity index (χ1v) is 4.98. The number of rotatable bonds is 6. The van der Waals surface area contributed by atoms with Gasteiger partial charge in [-0.05, 0) is 26.7 Å². The molecule has 0 saturated carbocycles. The number of ether oxygens (including phenoxy) is 1.